The molecular weight excluding hydrogens is 150 g/mol. The second-order valence-electron chi connectivity index (χ2n) is 3.39. The number of anilines is 1. The zero-order chi connectivity index (χ0) is 8.39. The molecule has 3 heteroatoms. The molecule has 0 amide bonds. The van der Waals surface area contributed by atoms with Gasteiger partial charge in [0.05, 0.1) is 0 Å². The molecule has 0 atom stereocenters. The van der Waals surface area contributed by atoms with E-state index in [0.29, 0.717) is 0 Å². The smallest absolute Gasteiger partial charge is 0.131 e. The molecule has 0 spiro atoms. The Morgan fingerprint density at radius 2 is 2.42 bits per heavy atom. The molecule has 0 bridgehead atoms. The van der Waals surface area contributed by atoms with Crippen LogP contribution in [0.25, 0.3) is 0 Å². The Bertz CT molecular complexity index is 243. The first-order valence-corrected chi connectivity index (χ1v) is 4.33. The van der Waals surface area contributed by atoms with E-state index in [9.17, 15) is 0 Å². The summed E-state index contributed by atoms with van der Waals surface area (Å²) < 4.78 is 0. The molecule has 0 aliphatic heterocycles. The van der Waals surface area contributed by atoms with Gasteiger partial charge in [-0.1, -0.05) is 0 Å². The highest BCUT2D eigenvalue weighted by molar-refractivity contribution is 5.35. The Hall–Kier alpha value is -1.12. The average molecular weight is 163 g/mol. The first-order valence-electron chi connectivity index (χ1n) is 4.33. The molecule has 0 saturated heterocycles. The molecule has 0 radical (unpaired) electrons. The van der Waals surface area contributed by atoms with Crippen LogP contribution in [0.4, 0.5) is 5.82 Å². The van der Waals surface area contributed by atoms with Crippen molar-refractivity contribution in [1.82, 2.24) is 9.97 Å². The van der Waals surface area contributed by atoms with Crippen molar-refractivity contribution in [1.29, 1.82) is 0 Å². The molecule has 1 aliphatic carbocycles. The normalized spacial score (nSPS) is 16.1. The molecule has 2 rings (SSSR count). The number of hydrogen-bond donors (Lipinski definition) is 0. The Balaban J connectivity index is 1.98. The van der Waals surface area contributed by atoms with Crippen LogP contribution >= 0.6 is 0 Å². The highest BCUT2D eigenvalue weighted by Crippen LogP contribution is 2.30. The van der Waals surface area contributed by atoms with Gasteiger partial charge in [-0.25, -0.2) is 9.97 Å². The summed E-state index contributed by atoms with van der Waals surface area (Å²) in [5.74, 6) is 1.93. The van der Waals surface area contributed by atoms with Crippen LogP contribution in [0.3, 0.4) is 0 Å². The Morgan fingerprint density at radius 1 is 1.58 bits per heavy atom. The number of nitrogens with zero attached hydrogens (tertiary/aromatic N) is 3. The Labute approximate surface area is 72.4 Å². The van der Waals surface area contributed by atoms with E-state index in [1.54, 1.807) is 12.5 Å². The van der Waals surface area contributed by atoms with Crippen molar-refractivity contribution < 1.29 is 0 Å². The van der Waals surface area contributed by atoms with Crippen LogP contribution in [0.1, 0.15) is 12.8 Å². The highest BCUT2D eigenvalue weighted by atomic mass is 15.2. The molecule has 1 aromatic rings. The van der Waals surface area contributed by atoms with Gasteiger partial charge < -0.3 is 4.90 Å². The predicted octanol–water partition coefficient (Wildman–Crippen LogP) is 1.32. The largest absolute Gasteiger partial charge is 0.359 e. The summed E-state index contributed by atoms with van der Waals surface area (Å²) >= 11 is 0. The van der Waals surface area contributed by atoms with Crippen molar-refractivity contribution in [2.75, 3.05) is 18.5 Å². The zero-order valence-electron chi connectivity index (χ0n) is 7.27. The number of hydrogen-bond acceptors (Lipinski definition) is 3. The third-order valence-electron chi connectivity index (χ3n) is 2.19. The molecule has 1 saturated carbocycles. The standard InChI is InChI=1S/C9H13N3/c1-12(6-8-2-3-8)9-4-5-10-7-11-9/h4-5,7-8H,2-3,6H2,1H3. The van der Waals surface area contributed by atoms with Crippen molar-refractivity contribution in [2.24, 2.45) is 5.92 Å². The summed E-state index contributed by atoms with van der Waals surface area (Å²) in [7, 11) is 2.08. The molecule has 1 heterocycles. The lowest BCUT2D eigenvalue weighted by Gasteiger charge is -2.16. The van der Waals surface area contributed by atoms with Crippen LogP contribution in [0.2, 0.25) is 0 Å². The van der Waals surface area contributed by atoms with Crippen molar-refractivity contribution in [3.63, 3.8) is 0 Å². The fourth-order valence-corrected chi connectivity index (χ4v) is 1.29. The van der Waals surface area contributed by atoms with Gasteiger partial charge >= 0.3 is 0 Å². The van der Waals surface area contributed by atoms with E-state index in [0.717, 1.165) is 18.3 Å². The number of aromatic nitrogens is 2. The third kappa shape index (κ3) is 1.72. The fourth-order valence-electron chi connectivity index (χ4n) is 1.29. The predicted molar refractivity (Wildman–Crippen MR) is 48.0 cm³/mol. The molecular formula is C9H13N3. The lowest BCUT2D eigenvalue weighted by Crippen LogP contribution is -2.20. The lowest BCUT2D eigenvalue weighted by molar-refractivity contribution is 0.775. The van der Waals surface area contributed by atoms with E-state index in [1.807, 2.05) is 6.07 Å². The molecule has 12 heavy (non-hydrogen) atoms. The van der Waals surface area contributed by atoms with E-state index in [-0.39, 0.29) is 0 Å². The summed E-state index contributed by atoms with van der Waals surface area (Å²) in [4.78, 5) is 10.3. The molecule has 1 fully saturated rings. The number of rotatable bonds is 3. The topological polar surface area (TPSA) is 29.0 Å². The molecule has 1 aliphatic rings. The van der Waals surface area contributed by atoms with Crippen LogP contribution in [0.15, 0.2) is 18.6 Å². The van der Waals surface area contributed by atoms with Gasteiger partial charge in [-0.3, -0.25) is 0 Å². The molecule has 0 N–H and O–H groups in total. The second kappa shape index (κ2) is 3.09. The van der Waals surface area contributed by atoms with Crippen LogP contribution < -0.4 is 4.90 Å². The van der Waals surface area contributed by atoms with E-state index < -0.39 is 0 Å². The SMILES string of the molecule is CN(CC1CC1)c1ccncn1. The third-order valence-corrected chi connectivity index (χ3v) is 2.19. The first kappa shape index (κ1) is 7.53. The van der Waals surface area contributed by atoms with Crippen molar-refractivity contribution in [2.45, 2.75) is 12.8 Å². The minimum atomic E-state index is 0.907. The van der Waals surface area contributed by atoms with E-state index >= 15 is 0 Å². The van der Waals surface area contributed by atoms with Crippen molar-refractivity contribution >= 4 is 5.82 Å². The average Bonchev–Trinajstić information content (AvgIpc) is 2.90. The monoisotopic (exact) mass is 163 g/mol. The second-order valence-corrected chi connectivity index (χ2v) is 3.39. The molecule has 0 unspecified atom stereocenters. The molecule has 3 nitrogen and oxygen atoms in total. The lowest BCUT2D eigenvalue weighted by atomic mass is 10.4. The van der Waals surface area contributed by atoms with Crippen molar-refractivity contribution in [3.8, 4) is 0 Å². The van der Waals surface area contributed by atoms with Gasteiger partial charge in [0.1, 0.15) is 12.1 Å². The van der Waals surface area contributed by atoms with E-state index in [2.05, 4.69) is 21.9 Å². The minimum Gasteiger partial charge on any atom is -0.359 e. The van der Waals surface area contributed by atoms with Gasteiger partial charge in [0.15, 0.2) is 0 Å². The zero-order valence-corrected chi connectivity index (χ0v) is 7.27. The van der Waals surface area contributed by atoms with Crippen molar-refractivity contribution in [3.05, 3.63) is 18.6 Å². The Kier molecular flexibility index (Phi) is 1.94. The van der Waals surface area contributed by atoms with Gasteiger partial charge in [0.25, 0.3) is 0 Å². The van der Waals surface area contributed by atoms with Crippen LogP contribution in [-0.4, -0.2) is 23.6 Å². The summed E-state index contributed by atoms with van der Waals surface area (Å²) in [6.07, 6.45) is 6.15. The fraction of sp³-hybridized carbons (Fsp3) is 0.556. The first-order chi connectivity index (χ1) is 5.86. The highest BCUT2D eigenvalue weighted by Gasteiger charge is 2.23. The maximum Gasteiger partial charge on any atom is 0.131 e. The van der Waals surface area contributed by atoms with Gasteiger partial charge in [-0.2, -0.15) is 0 Å². The Morgan fingerprint density at radius 3 is 3.00 bits per heavy atom. The minimum absolute atomic E-state index is 0.907. The summed E-state index contributed by atoms with van der Waals surface area (Å²) in [6.45, 7) is 1.14. The van der Waals surface area contributed by atoms with Gasteiger partial charge in [-0.05, 0) is 24.8 Å². The summed E-state index contributed by atoms with van der Waals surface area (Å²) in [6, 6.07) is 1.95. The van der Waals surface area contributed by atoms with Crippen LogP contribution in [0, 0.1) is 5.92 Å². The van der Waals surface area contributed by atoms with Crippen LogP contribution in [-0.2, 0) is 0 Å². The van der Waals surface area contributed by atoms with Gasteiger partial charge in [0.2, 0.25) is 0 Å². The maximum atomic E-state index is 4.17. The van der Waals surface area contributed by atoms with E-state index in [1.165, 1.54) is 12.8 Å². The van der Waals surface area contributed by atoms with Crippen LogP contribution in [0.5, 0.6) is 0 Å². The summed E-state index contributed by atoms with van der Waals surface area (Å²) in [5.41, 5.74) is 0. The molecule has 64 valence electrons. The maximum absolute atomic E-state index is 4.17. The van der Waals surface area contributed by atoms with Gasteiger partial charge in [0, 0.05) is 19.8 Å². The van der Waals surface area contributed by atoms with Gasteiger partial charge in [-0.15, -0.1) is 0 Å². The van der Waals surface area contributed by atoms with E-state index in [4.69, 9.17) is 0 Å². The molecule has 1 aromatic heterocycles. The molecule has 0 aromatic carbocycles. The summed E-state index contributed by atoms with van der Waals surface area (Å²) in [5, 5.41) is 0. The quantitative estimate of drug-likeness (QED) is 0.673.